The number of nitrogens with zero attached hydrogens (tertiary/aromatic N) is 1. The van der Waals surface area contributed by atoms with Crippen molar-refractivity contribution in [1.82, 2.24) is 10.2 Å². The van der Waals surface area contributed by atoms with Gasteiger partial charge < -0.3 is 15.0 Å². The van der Waals surface area contributed by atoms with Crippen molar-refractivity contribution in [1.29, 1.82) is 0 Å². The number of nitrogens with one attached hydrogen (secondary N) is 1. The first kappa shape index (κ1) is 15.4. The van der Waals surface area contributed by atoms with Crippen molar-refractivity contribution in [3.63, 3.8) is 0 Å². The molecule has 1 saturated heterocycles. The Hall–Kier alpha value is -0.610. The van der Waals surface area contributed by atoms with Gasteiger partial charge in [-0.2, -0.15) is 0 Å². The maximum absolute atomic E-state index is 11.8. The van der Waals surface area contributed by atoms with E-state index < -0.39 is 0 Å². The number of carbonyl (C=O) groups is 1. The molecule has 0 saturated carbocycles. The largest absolute Gasteiger partial charge is 0.465 e. The summed E-state index contributed by atoms with van der Waals surface area (Å²) in [7, 11) is 0. The average Bonchev–Trinajstić information content (AvgIpc) is 2.39. The molecule has 1 fully saturated rings. The SMILES string of the molecule is CCNC(CN1CCCC(CC)C1)C(=O)OCC. The highest BCUT2D eigenvalue weighted by atomic mass is 16.5. The highest BCUT2D eigenvalue weighted by Crippen LogP contribution is 2.19. The van der Waals surface area contributed by atoms with Crippen molar-refractivity contribution in [2.45, 2.75) is 46.1 Å². The van der Waals surface area contributed by atoms with E-state index in [0.717, 1.165) is 32.1 Å². The number of likely N-dealkylation sites (tertiary alicyclic amines) is 1. The van der Waals surface area contributed by atoms with Crippen molar-refractivity contribution in [2.75, 3.05) is 32.8 Å². The summed E-state index contributed by atoms with van der Waals surface area (Å²) in [6, 6.07) is -0.175. The zero-order valence-corrected chi connectivity index (χ0v) is 12.1. The first-order chi connectivity index (χ1) is 8.71. The highest BCUT2D eigenvalue weighted by Gasteiger charge is 2.25. The molecule has 1 rings (SSSR count). The number of hydrogen-bond donors (Lipinski definition) is 1. The summed E-state index contributed by atoms with van der Waals surface area (Å²) in [5, 5.41) is 3.23. The van der Waals surface area contributed by atoms with E-state index >= 15 is 0 Å². The lowest BCUT2D eigenvalue weighted by atomic mass is 9.95. The van der Waals surface area contributed by atoms with Gasteiger partial charge in [0.2, 0.25) is 0 Å². The second kappa shape index (κ2) is 8.48. The first-order valence-corrected chi connectivity index (χ1v) is 7.33. The van der Waals surface area contributed by atoms with Crippen LogP contribution in [-0.4, -0.2) is 49.7 Å². The van der Waals surface area contributed by atoms with Gasteiger partial charge in [0.1, 0.15) is 6.04 Å². The lowest BCUT2D eigenvalue weighted by Crippen LogP contribution is -2.49. The highest BCUT2D eigenvalue weighted by molar-refractivity contribution is 5.76. The van der Waals surface area contributed by atoms with Crippen LogP contribution in [0.1, 0.15) is 40.0 Å². The summed E-state index contributed by atoms with van der Waals surface area (Å²) in [5.41, 5.74) is 0. The fourth-order valence-corrected chi connectivity index (χ4v) is 2.62. The van der Waals surface area contributed by atoms with Gasteiger partial charge in [0, 0.05) is 13.1 Å². The van der Waals surface area contributed by atoms with Gasteiger partial charge in [0.05, 0.1) is 6.61 Å². The van der Waals surface area contributed by atoms with E-state index in [1.165, 1.54) is 19.3 Å². The van der Waals surface area contributed by atoms with Gasteiger partial charge in [-0.25, -0.2) is 0 Å². The smallest absolute Gasteiger partial charge is 0.324 e. The summed E-state index contributed by atoms with van der Waals surface area (Å²) in [6.07, 6.45) is 3.82. The Morgan fingerprint density at radius 3 is 2.83 bits per heavy atom. The Morgan fingerprint density at radius 2 is 2.22 bits per heavy atom. The minimum absolute atomic E-state index is 0.113. The maximum atomic E-state index is 11.8. The number of ether oxygens (including phenoxy) is 1. The van der Waals surface area contributed by atoms with E-state index in [1.54, 1.807) is 0 Å². The first-order valence-electron chi connectivity index (χ1n) is 7.33. The molecule has 1 aliphatic rings. The van der Waals surface area contributed by atoms with E-state index in [2.05, 4.69) is 17.1 Å². The molecule has 0 aromatic rings. The van der Waals surface area contributed by atoms with Crippen molar-refractivity contribution in [2.24, 2.45) is 5.92 Å². The lowest BCUT2D eigenvalue weighted by molar-refractivity contribution is -0.146. The standard InChI is InChI=1S/C14H28N2O2/c1-4-12-8-7-9-16(10-12)11-13(15-5-2)14(17)18-6-3/h12-13,15H,4-11H2,1-3H3. The van der Waals surface area contributed by atoms with Gasteiger partial charge >= 0.3 is 5.97 Å². The Bertz CT molecular complexity index is 246. The van der Waals surface area contributed by atoms with Gasteiger partial charge in [-0.05, 0) is 38.8 Å². The van der Waals surface area contributed by atoms with E-state index in [9.17, 15) is 4.79 Å². The van der Waals surface area contributed by atoms with Crippen LogP contribution in [0.4, 0.5) is 0 Å². The van der Waals surface area contributed by atoms with E-state index in [4.69, 9.17) is 4.74 Å². The number of hydrogen-bond acceptors (Lipinski definition) is 4. The molecule has 106 valence electrons. The number of esters is 1. The van der Waals surface area contributed by atoms with Gasteiger partial charge in [-0.1, -0.05) is 20.3 Å². The zero-order chi connectivity index (χ0) is 13.4. The molecule has 2 atom stereocenters. The van der Waals surface area contributed by atoms with Gasteiger partial charge in [-0.15, -0.1) is 0 Å². The molecule has 4 nitrogen and oxygen atoms in total. The van der Waals surface area contributed by atoms with Crippen LogP contribution in [0.5, 0.6) is 0 Å². The quantitative estimate of drug-likeness (QED) is 0.703. The van der Waals surface area contributed by atoms with Crippen LogP contribution in [0, 0.1) is 5.92 Å². The molecule has 1 aliphatic heterocycles. The van der Waals surface area contributed by atoms with Crippen LogP contribution in [-0.2, 0) is 9.53 Å². The Balaban J connectivity index is 2.46. The fraction of sp³-hybridized carbons (Fsp3) is 0.929. The van der Waals surface area contributed by atoms with Gasteiger partial charge in [0.25, 0.3) is 0 Å². The van der Waals surface area contributed by atoms with Crippen LogP contribution < -0.4 is 5.32 Å². The molecule has 4 heteroatoms. The fourth-order valence-electron chi connectivity index (χ4n) is 2.62. The summed E-state index contributed by atoms with van der Waals surface area (Å²) in [5.74, 6) is 0.682. The van der Waals surface area contributed by atoms with Crippen LogP contribution >= 0.6 is 0 Å². The van der Waals surface area contributed by atoms with Crippen LogP contribution in [0.2, 0.25) is 0 Å². The molecule has 2 unspecified atom stereocenters. The van der Waals surface area contributed by atoms with Gasteiger partial charge in [-0.3, -0.25) is 4.79 Å². The monoisotopic (exact) mass is 256 g/mol. The Kier molecular flexibility index (Phi) is 7.28. The second-order valence-corrected chi connectivity index (χ2v) is 5.04. The minimum Gasteiger partial charge on any atom is -0.465 e. The number of rotatable bonds is 7. The minimum atomic E-state index is -0.175. The topological polar surface area (TPSA) is 41.6 Å². The lowest BCUT2D eigenvalue weighted by Gasteiger charge is -2.34. The predicted molar refractivity (Wildman–Crippen MR) is 73.6 cm³/mol. The molecule has 0 aromatic carbocycles. The van der Waals surface area contributed by atoms with Crippen molar-refractivity contribution < 1.29 is 9.53 Å². The molecule has 1 heterocycles. The molecule has 0 radical (unpaired) electrons. The zero-order valence-electron chi connectivity index (χ0n) is 12.1. The van der Waals surface area contributed by atoms with Crippen molar-refractivity contribution >= 4 is 5.97 Å². The second-order valence-electron chi connectivity index (χ2n) is 5.04. The molecule has 0 aliphatic carbocycles. The third kappa shape index (κ3) is 4.94. The van der Waals surface area contributed by atoms with Crippen LogP contribution in [0.25, 0.3) is 0 Å². The number of carbonyl (C=O) groups excluding carboxylic acids is 1. The van der Waals surface area contributed by atoms with E-state index in [0.29, 0.717) is 6.61 Å². The summed E-state index contributed by atoms with van der Waals surface area (Å²) in [4.78, 5) is 14.3. The number of likely N-dealkylation sites (N-methyl/N-ethyl adjacent to an activating group) is 1. The average molecular weight is 256 g/mol. The van der Waals surface area contributed by atoms with Crippen LogP contribution in [0.15, 0.2) is 0 Å². The molecule has 0 spiro atoms. The normalized spacial score (nSPS) is 22.7. The van der Waals surface area contributed by atoms with Crippen molar-refractivity contribution in [3.8, 4) is 0 Å². The molecular weight excluding hydrogens is 228 g/mol. The third-order valence-electron chi connectivity index (χ3n) is 3.64. The summed E-state index contributed by atoms with van der Waals surface area (Å²) in [6.45, 7) is 10.4. The molecule has 0 amide bonds. The third-order valence-corrected chi connectivity index (χ3v) is 3.64. The molecule has 1 N–H and O–H groups in total. The Morgan fingerprint density at radius 1 is 1.44 bits per heavy atom. The summed E-state index contributed by atoms with van der Waals surface area (Å²) >= 11 is 0. The van der Waals surface area contributed by atoms with E-state index in [1.807, 2.05) is 13.8 Å². The van der Waals surface area contributed by atoms with Gasteiger partial charge in [0.15, 0.2) is 0 Å². The number of piperidine rings is 1. The predicted octanol–water partition coefficient (Wildman–Crippen LogP) is 1.65. The van der Waals surface area contributed by atoms with E-state index in [-0.39, 0.29) is 12.0 Å². The molecule has 18 heavy (non-hydrogen) atoms. The van der Waals surface area contributed by atoms with Crippen LogP contribution in [0.3, 0.4) is 0 Å². The summed E-state index contributed by atoms with van der Waals surface area (Å²) < 4.78 is 5.12. The maximum Gasteiger partial charge on any atom is 0.324 e. The molecule has 0 bridgehead atoms. The molecular formula is C14H28N2O2. The molecule has 0 aromatic heterocycles. The Labute approximate surface area is 111 Å². The van der Waals surface area contributed by atoms with Crippen molar-refractivity contribution in [3.05, 3.63) is 0 Å².